The van der Waals surface area contributed by atoms with Crippen LogP contribution in [0.3, 0.4) is 0 Å². The van der Waals surface area contributed by atoms with E-state index in [1.165, 1.54) is 0 Å². The number of nitrogens with zero attached hydrogens (tertiary/aromatic N) is 4. The first-order valence-electron chi connectivity index (χ1n) is 12.4. The van der Waals surface area contributed by atoms with E-state index >= 15 is 0 Å². The fourth-order valence-electron chi connectivity index (χ4n) is 5.88. The second kappa shape index (κ2) is 9.53. The number of fused-ring (bicyclic) bond motifs is 3. The molecule has 3 aromatic rings. The molecule has 1 amide bonds. The van der Waals surface area contributed by atoms with Crippen molar-refractivity contribution in [2.75, 3.05) is 37.4 Å². The lowest BCUT2D eigenvalue weighted by molar-refractivity contribution is -0.137. The maximum absolute atomic E-state index is 13.9. The molecule has 1 aliphatic carbocycles. The lowest BCUT2D eigenvalue weighted by Crippen LogP contribution is -2.41. The third-order valence-corrected chi connectivity index (χ3v) is 7.88. The molecule has 3 heterocycles. The van der Waals surface area contributed by atoms with Gasteiger partial charge in [-0.2, -0.15) is 13.2 Å². The molecule has 0 bridgehead atoms. The molecule has 0 saturated carbocycles. The largest absolute Gasteiger partial charge is 0.416 e. The summed E-state index contributed by atoms with van der Waals surface area (Å²) in [7, 11) is 3.61. The van der Waals surface area contributed by atoms with Crippen LogP contribution < -0.4 is 21.0 Å². The van der Waals surface area contributed by atoms with Crippen molar-refractivity contribution in [1.82, 2.24) is 19.9 Å². The summed E-state index contributed by atoms with van der Waals surface area (Å²) in [5.74, 6) is 0.0150. The second-order valence-electron chi connectivity index (χ2n) is 10.3. The number of carbonyl (C=O) groups is 1. The Bertz CT molecular complexity index is 1480. The number of hydrogen-bond acceptors (Lipinski definition) is 6. The van der Waals surface area contributed by atoms with Crippen molar-refractivity contribution in [3.63, 3.8) is 0 Å². The van der Waals surface area contributed by atoms with Crippen molar-refractivity contribution in [3.05, 3.63) is 56.5 Å². The number of nitrogens with one attached hydrogen (secondary N) is 2. The first-order valence-corrected chi connectivity index (χ1v) is 12.8. The molecule has 38 heavy (non-hydrogen) atoms. The molecule has 1 fully saturated rings. The highest BCUT2D eigenvalue weighted by Gasteiger charge is 2.47. The highest BCUT2D eigenvalue weighted by atomic mass is 35.5. The number of carbonyl (C=O) groups excluding carboxylic acids is 1. The normalized spacial score (nSPS) is 18.6. The highest BCUT2D eigenvalue weighted by Crippen LogP contribution is 2.50. The lowest BCUT2D eigenvalue weighted by atomic mass is 9.74. The number of pyridine rings is 1. The van der Waals surface area contributed by atoms with Crippen molar-refractivity contribution >= 4 is 40.2 Å². The van der Waals surface area contributed by atoms with Gasteiger partial charge in [-0.15, -0.1) is 0 Å². The van der Waals surface area contributed by atoms with E-state index in [-0.39, 0.29) is 39.5 Å². The van der Waals surface area contributed by atoms with Gasteiger partial charge in [0.05, 0.1) is 22.5 Å². The lowest BCUT2D eigenvalue weighted by Gasteiger charge is -2.34. The summed E-state index contributed by atoms with van der Waals surface area (Å²) in [6.07, 6.45) is -0.609. The Morgan fingerprint density at radius 3 is 2.63 bits per heavy atom. The van der Waals surface area contributed by atoms with Gasteiger partial charge in [0, 0.05) is 30.8 Å². The topological polar surface area (TPSA) is 92.2 Å². The van der Waals surface area contributed by atoms with Crippen LogP contribution in [-0.2, 0) is 22.9 Å². The van der Waals surface area contributed by atoms with Gasteiger partial charge >= 0.3 is 6.18 Å². The Morgan fingerprint density at radius 2 is 2.00 bits per heavy atom. The van der Waals surface area contributed by atoms with Gasteiger partial charge in [-0.1, -0.05) is 18.5 Å². The minimum Gasteiger partial charge on any atom is -0.361 e. The Morgan fingerprint density at radius 1 is 1.29 bits per heavy atom. The zero-order chi connectivity index (χ0) is 27.4. The number of anilines is 2. The minimum atomic E-state index is -4.55. The summed E-state index contributed by atoms with van der Waals surface area (Å²) in [4.78, 5) is 38.1. The standard InChI is InChI=1S/C26H28ClF3N6O2/c1-14-11-25(6-8-31-9-7-25)20-22(14)36(24-21(23(20)38)34-18(12-32-24)35(2)3)13-19(37)33-17-5-4-15(10-16(17)27)26(28,29)30/h4-5,10,12,14,31H,6-9,11,13H2,1-3H3,(H,33,37). The van der Waals surface area contributed by atoms with Crippen LogP contribution in [0.15, 0.2) is 29.2 Å². The number of benzene rings is 1. The molecule has 1 spiro atoms. The van der Waals surface area contributed by atoms with Crippen LogP contribution >= 0.6 is 11.6 Å². The molecule has 1 saturated heterocycles. The molecule has 12 heteroatoms. The van der Waals surface area contributed by atoms with Gasteiger partial charge in [0.15, 0.2) is 11.2 Å². The third kappa shape index (κ3) is 4.51. The van der Waals surface area contributed by atoms with Crippen LogP contribution in [0.2, 0.25) is 5.02 Å². The van der Waals surface area contributed by atoms with E-state index in [1.54, 1.807) is 29.8 Å². The van der Waals surface area contributed by atoms with Crippen LogP contribution in [0.25, 0.3) is 11.2 Å². The van der Waals surface area contributed by atoms with Crippen molar-refractivity contribution in [3.8, 4) is 0 Å². The van der Waals surface area contributed by atoms with Crippen molar-refractivity contribution in [1.29, 1.82) is 0 Å². The molecule has 0 radical (unpaired) electrons. The summed E-state index contributed by atoms with van der Waals surface area (Å²) in [5, 5.41) is 5.76. The monoisotopic (exact) mass is 548 g/mol. The number of rotatable bonds is 4. The Balaban J connectivity index is 1.60. The van der Waals surface area contributed by atoms with E-state index in [1.807, 2.05) is 6.92 Å². The summed E-state index contributed by atoms with van der Waals surface area (Å²) in [5.41, 5.74) is 0.659. The fourth-order valence-corrected chi connectivity index (χ4v) is 6.11. The highest BCUT2D eigenvalue weighted by molar-refractivity contribution is 6.33. The maximum atomic E-state index is 13.9. The Labute approximate surface area is 222 Å². The van der Waals surface area contributed by atoms with Gasteiger partial charge < -0.3 is 20.1 Å². The average molecular weight is 549 g/mol. The summed E-state index contributed by atoms with van der Waals surface area (Å²) < 4.78 is 40.8. The molecule has 2 aromatic heterocycles. The zero-order valence-electron chi connectivity index (χ0n) is 21.2. The summed E-state index contributed by atoms with van der Waals surface area (Å²) in [6, 6.07) is 2.78. The van der Waals surface area contributed by atoms with E-state index in [9.17, 15) is 22.8 Å². The summed E-state index contributed by atoms with van der Waals surface area (Å²) >= 11 is 6.06. The number of piperidine rings is 1. The van der Waals surface area contributed by atoms with E-state index in [0.29, 0.717) is 17.0 Å². The smallest absolute Gasteiger partial charge is 0.361 e. The predicted molar refractivity (Wildman–Crippen MR) is 140 cm³/mol. The van der Waals surface area contributed by atoms with Crippen LogP contribution in [0, 0.1) is 0 Å². The van der Waals surface area contributed by atoms with E-state index in [0.717, 1.165) is 56.2 Å². The minimum absolute atomic E-state index is 0.00187. The molecular formula is C26H28ClF3N6O2. The van der Waals surface area contributed by atoms with Gasteiger partial charge in [0.1, 0.15) is 12.4 Å². The zero-order valence-corrected chi connectivity index (χ0v) is 22.0. The van der Waals surface area contributed by atoms with Crippen LogP contribution in [0.5, 0.6) is 0 Å². The van der Waals surface area contributed by atoms with E-state index < -0.39 is 17.6 Å². The molecule has 2 N–H and O–H groups in total. The van der Waals surface area contributed by atoms with Crippen LogP contribution in [0.1, 0.15) is 48.9 Å². The van der Waals surface area contributed by atoms with Crippen LogP contribution in [0.4, 0.5) is 24.7 Å². The molecule has 1 unspecified atom stereocenters. The molecule has 1 aromatic carbocycles. The fraction of sp³-hybridized carbons (Fsp3) is 0.462. The number of alkyl halides is 3. The first kappa shape index (κ1) is 26.4. The number of halogens is 4. The van der Waals surface area contributed by atoms with E-state index in [2.05, 4.69) is 20.6 Å². The second-order valence-corrected chi connectivity index (χ2v) is 10.8. The third-order valence-electron chi connectivity index (χ3n) is 7.57. The van der Waals surface area contributed by atoms with Gasteiger partial charge in [-0.3, -0.25) is 9.59 Å². The SMILES string of the molecule is CC1CC2(CCNCC2)c2c1n(CC(=O)Nc1ccc(C(F)(F)F)cc1Cl)c1ncc(N(C)C)nc1c2=O. The predicted octanol–water partition coefficient (Wildman–Crippen LogP) is 4.30. The summed E-state index contributed by atoms with van der Waals surface area (Å²) in [6.45, 7) is 3.43. The molecule has 5 rings (SSSR count). The molecule has 202 valence electrons. The van der Waals surface area contributed by atoms with Crippen LogP contribution in [-0.4, -0.2) is 47.6 Å². The quantitative estimate of drug-likeness (QED) is 0.505. The molecule has 1 atom stereocenters. The van der Waals surface area contributed by atoms with E-state index in [4.69, 9.17) is 11.6 Å². The number of amides is 1. The molecular weight excluding hydrogens is 521 g/mol. The Kier molecular flexibility index (Phi) is 6.63. The van der Waals surface area contributed by atoms with Crippen molar-refractivity contribution in [2.24, 2.45) is 0 Å². The molecule has 2 aliphatic rings. The van der Waals surface area contributed by atoms with Crippen molar-refractivity contribution in [2.45, 2.75) is 50.2 Å². The van der Waals surface area contributed by atoms with Gasteiger partial charge in [-0.05, 0) is 56.5 Å². The molecule has 8 nitrogen and oxygen atoms in total. The maximum Gasteiger partial charge on any atom is 0.416 e. The van der Waals surface area contributed by atoms with Crippen molar-refractivity contribution < 1.29 is 18.0 Å². The van der Waals surface area contributed by atoms with Gasteiger partial charge in [0.25, 0.3) is 0 Å². The molecule has 1 aliphatic heterocycles. The average Bonchev–Trinajstić information content (AvgIpc) is 3.13. The first-order chi connectivity index (χ1) is 17.9. The number of aromatic nitrogens is 3. The van der Waals surface area contributed by atoms with Gasteiger partial charge in [-0.25, -0.2) is 9.97 Å². The Hall–Kier alpha value is -3.18. The number of hydrogen-bond donors (Lipinski definition) is 2. The van der Waals surface area contributed by atoms with Gasteiger partial charge in [0.2, 0.25) is 11.3 Å².